The van der Waals surface area contributed by atoms with Gasteiger partial charge in [0.25, 0.3) is 5.91 Å². The quantitative estimate of drug-likeness (QED) is 0.302. The van der Waals surface area contributed by atoms with Gasteiger partial charge < -0.3 is 4.90 Å². The molecule has 2 fully saturated rings. The second kappa shape index (κ2) is 11.1. The summed E-state index contributed by atoms with van der Waals surface area (Å²) in [6.07, 6.45) is 4.34. The molecule has 1 aromatic heterocycles. The molecule has 2 aliphatic rings. The maximum absolute atomic E-state index is 13.9. The van der Waals surface area contributed by atoms with Crippen molar-refractivity contribution in [1.29, 1.82) is 0 Å². The van der Waals surface area contributed by atoms with Gasteiger partial charge >= 0.3 is 0 Å². The number of amides is 1. The van der Waals surface area contributed by atoms with E-state index in [4.69, 9.17) is 0 Å². The summed E-state index contributed by atoms with van der Waals surface area (Å²) in [5.74, 6) is -0.0489. The molecule has 1 atom stereocenters. The average Bonchev–Trinajstić information content (AvgIpc) is 3.63. The van der Waals surface area contributed by atoms with Crippen molar-refractivity contribution in [3.63, 3.8) is 0 Å². The Balaban J connectivity index is 1.24. The fourth-order valence-electron chi connectivity index (χ4n) is 6.07. The highest BCUT2D eigenvalue weighted by Crippen LogP contribution is 2.35. The molecule has 3 heterocycles. The van der Waals surface area contributed by atoms with Crippen molar-refractivity contribution in [3.05, 3.63) is 119 Å². The van der Waals surface area contributed by atoms with Crippen LogP contribution in [0.2, 0.25) is 0 Å². The van der Waals surface area contributed by atoms with E-state index in [0.717, 1.165) is 49.3 Å². The fourth-order valence-corrected chi connectivity index (χ4v) is 6.07. The number of rotatable bonds is 6. The lowest BCUT2D eigenvalue weighted by Crippen LogP contribution is -2.34. The summed E-state index contributed by atoms with van der Waals surface area (Å²) < 4.78 is 29.2. The van der Waals surface area contributed by atoms with E-state index in [9.17, 15) is 13.6 Å². The third kappa shape index (κ3) is 5.50. The highest BCUT2D eigenvalue weighted by atomic mass is 19.1. The van der Waals surface area contributed by atoms with E-state index in [1.165, 1.54) is 23.8 Å². The molecule has 2 saturated heterocycles. The van der Waals surface area contributed by atoms with E-state index in [1.807, 2.05) is 33.8 Å². The first-order chi connectivity index (χ1) is 19.0. The van der Waals surface area contributed by atoms with Gasteiger partial charge in [0.15, 0.2) is 0 Å². The van der Waals surface area contributed by atoms with Gasteiger partial charge in [-0.05, 0) is 79.9 Å². The number of nitrogens with zero attached hydrogens (tertiary/aromatic N) is 4. The van der Waals surface area contributed by atoms with Crippen LogP contribution in [0.1, 0.15) is 58.3 Å². The van der Waals surface area contributed by atoms with E-state index in [0.29, 0.717) is 31.1 Å². The Morgan fingerprint density at radius 2 is 1.56 bits per heavy atom. The Labute approximate surface area is 227 Å². The third-order valence-electron chi connectivity index (χ3n) is 8.12. The van der Waals surface area contributed by atoms with Crippen molar-refractivity contribution in [2.45, 2.75) is 37.6 Å². The largest absolute Gasteiger partial charge is 0.338 e. The number of hydrogen-bond donors (Lipinski definition) is 0. The lowest BCUT2D eigenvalue weighted by Gasteiger charge is -2.33. The average molecular weight is 527 g/mol. The molecular weight excluding hydrogens is 494 g/mol. The van der Waals surface area contributed by atoms with Crippen molar-refractivity contribution in [2.75, 3.05) is 26.2 Å². The highest BCUT2D eigenvalue weighted by molar-refractivity contribution is 5.95. The molecule has 3 aromatic carbocycles. The standard InChI is InChI=1S/C32H32F2N4O/c33-27-9-11-29(12-10-27)38-31(25-13-16-36(17-14-25)21-23-5-4-8-28(34)19-23)30(20-35-38)32(39)37-18-15-26(22-37)24-6-2-1-3-7-24/h1-12,19-20,25-26H,13-18,21-22H2/t26-/m0/s1. The second-order valence-electron chi connectivity index (χ2n) is 10.7. The topological polar surface area (TPSA) is 41.4 Å². The normalized spacial score (nSPS) is 18.5. The van der Waals surface area contributed by atoms with Crippen molar-refractivity contribution in [1.82, 2.24) is 19.6 Å². The van der Waals surface area contributed by atoms with Crippen molar-refractivity contribution < 1.29 is 13.6 Å². The minimum Gasteiger partial charge on any atom is -0.338 e. The smallest absolute Gasteiger partial charge is 0.257 e. The highest BCUT2D eigenvalue weighted by Gasteiger charge is 2.34. The Kier molecular flexibility index (Phi) is 7.24. The lowest BCUT2D eigenvalue weighted by molar-refractivity contribution is 0.0788. The van der Waals surface area contributed by atoms with Gasteiger partial charge in [0.05, 0.1) is 23.1 Å². The number of aromatic nitrogens is 2. The zero-order chi connectivity index (χ0) is 26.8. The summed E-state index contributed by atoms with van der Waals surface area (Å²) in [7, 11) is 0. The fraction of sp³-hybridized carbons (Fsp3) is 0.312. The lowest BCUT2D eigenvalue weighted by atomic mass is 9.90. The summed E-state index contributed by atoms with van der Waals surface area (Å²) in [5.41, 5.74) is 4.51. The zero-order valence-corrected chi connectivity index (χ0v) is 21.8. The number of carbonyl (C=O) groups excluding carboxylic acids is 1. The van der Waals surface area contributed by atoms with Crippen LogP contribution in [0.3, 0.4) is 0 Å². The molecule has 4 aromatic rings. The third-order valence-corrected chi connectivity index (χ3v) is 8.12. The van der Waals surface area contributed by atoms with Gasteiger partial charge in [-0.25, -0.2) is 13.5 Å². The van der Waals surface area contributed by atoms with Gasteiger partial charge in [-0.3, -0.25) is 9.69 Å². The number of halogens is 2. The van der Waals surface area contributed by atoms with E-state index < -0.39 is 0 Å². The molecule has 0 spiro atoms. The molecule has 1 amide bonds. The van der Waals surface area contributed by atoms with Crippen LogP contribution in [-0.4, -0.2) is 51.7 Å². The van der Waals surface area contributed by atoms with Gasteiger partial charge in [0.2, 0.25) is 0 Å². The van der Waals surface area contributed by atoms with Gasteiger partial charge in [0.1, 0.15) is 11.6 Å². The SMILES string of the molecule is O=C(c1cnn(-c2ccc(F)cc2)c1C1CCN(Cc2cccc(F)c2)CC1)N1CC[C@H](c2ccccc2)C1. The van der Waals surface area contributed by atoms with Crippen molar-refractivity contribution in [3.8, 4) is 5.69 Å². The van der Waals surface area contributed by atoms with Gasteiger partial charge in [-0.2, -0.15) is 5.10 Å². The van der Waals surface area contributed by atoms with Crippen LogP contribution in [0, 0.1) is 11.6 Å². The van der Waals surface area contributed by atoms with Gasteiger partial charge in [0, 0.05) is 31.5 Å². The molecule has 0 bridgehead atoms. The molecule has 7 heteroatoms. The molecule has 0 N–H and O–H groups in total. The molecule has 39 heavy (non-hydrogen) atoms. The van der Waals surface area contributed by atoms with E-state index >= 15 is 0 Å². The molecule has 0 unspecified atom stereocenters. The summed E-state index contributed by atoms with van der Waals surface area (Å²) in [5, 5.41) is 4.65. The molecule has 0 saturated carbocycles. The van der Waals surface area contributed by atoms with Crippen LogP contribution >= 0.6 is 0 Å². The summed E-state index contributed by atoms with van der Waals surface area (Å²) in [4.78, 5) is 18.2. The Bertz CT molecular complexity index is 1430. The molecule has 200 valence electrons. The maximum Gasteiger partial charge on any atom is 0.257 e. The predicted octanol–water partition coefficient (Wildman–Crippen LogP) is 6.16. The minimum atomic E-state index is -0.307. The summed E-state index contributed by atoms with van der Waals surface area (Å²) in [6, 6.07) is 23.4. The minimum absolute atomic E-state index is 0.0129. The second-order valence-corrected chi connectivity index (χ2v) is 10.7. The van der Waals surface area contributed by atoms with E-state index in [1.54, 1.807) is 30.5 Å². The molecular formula is C32H32F2N4O. The van der Waals surface area contributed by atoms with E-state index in [2.05, 4.69) is 22.1 Å². The number of hydrogen-bond acceptors (Lipinski definition) is 3. The first-order valence-electron chi connectivity index (χ1n) is 13.7. The van der Waals surface area contributed by atoms with Gasteiger partial charge in [-0.1, -0.05) is 42.5 Å². The van der Waals surface area contributed by atoms with Crippen LogP contribution in [0.25, 0.3) is 5.69 Å². The Morgan fingerprint density at radius 1 is 0.821 bits per heavy atom. The summed E-state index contributed by atoms with van der Waals surface area (Å²) >= 11 is 0. The molecule has 2 aliphatic heterocycles. The van der Waals surface area contributed by atoms with E-state index in [-0.39, 0.29) is 23.5 Å². The number of carbonyl (C=O) groups is 1. The Hall–Kier alpha value is -3.84. The Morgan fingerprint density at radius 3 is 2.31 bits per heavy atom. The van der Waals surface area contributed by atoms with Crippen molar-refractivity contribution >= 4 is 5.91 Å². The molecule has 5 nitrogen and oxygen atoms in total. The summed E-state index contributed by atoms with van der Waals surface area (Å²) in [6.45, 7) is 3.77. The monoisotopic (exact) mass is 526 g/mol. The van der Waals surface area contributed by atoms with Crippen LogP contribution in [0.5, 0.6) is 0 Å². The van der Waals surface area contributed by atoms with Crippen molar-refractivity contribution in [2.24, 2.45) is 0 Å². The van der Waals surface area contributed by atoms with Crippen LogP contribution in [0.4, 0.5) is 8.78 Å². The first kappa shape index (κ1) is 25.4. The molecule has 0 radical (unpaired) electrons. The molecule has 6 rings (SSSR count). The number of likely N-dealkylation sites (tertiary alicyclic amines) is 2. The number of piperidine rings is 1. The van der Waals surface area contributed by atoms with Crippen LogP contribution in [0.15, 0.2) is 85.1 Å². The van der Waals surface area contributed by atoms with Gasteiger partial charge in [-0.15, -0.1) is 0 Å². The molecule has 0 aliphatic carbocycles. The van der Waals surface area contributed by atoms with Crippen LogP contribution in [-0.2, 0) is 6.54 Å². The predicted molar refractivity (Wildman–Crippen MR) is 147 cm³/mol. The number of benzene rings is 3. The van der Waals surface area contributed by atoms with Crippen LogP contribution < -0.4 is 0 Å². The zero-order valence-electron chi connectivity index (χ0n) is 21.8. The maximum atomic E-state index is 13.9. The first-order valence-corrected chi connectivity index (χ1v) is 13.7.